The quantitative estimate of drug-likeness (QED) is 0.537. The van der Waals surface area contributed by atoms with Gasteiger partial charge in [-0.1, -0.05) is 15.9 Å². The molecule has 5 nitrogen and oxygen atoms in total. The van der Waals surface area contributed by atoms with Crippen LogP contribution >= 0.6 is 15.9 Å². The highest BCUT2D eigenvalue weighted by molar-refractivity contribution is 9.10. The second kappa shape index (κ2) is 8.67. The van der Waals surface area contributed by atoms with Crippen LogP contribution in [0.25, 0.3) is 0 Å². The first-order valence-corrected chi connectivity index (χ1v) is 7.03. The minimum absolute atomic E-state index is 0.0860. The maximum absolute atomic E-state index is 12.3. The van der Waals surface area contributed by atoms with Crippen molar-refractivity contribution < 1.29 is 32.6 Å². The smallest absolute Gasteiger partial charge is 0.320 e. The van der Waals surface area contributed by atoms with Crippen LogP contribution in [0.4, 0.5) is 8.78 Å². The van der Waals surface area contributed by atoms with Crippen molar-refractivity contribution in [3.8, 4) is 5.75 Å². The average molecular weight is 381 g/mol. The van der Waals surface area contributed by atoms with E-state index in [1.165, 1.54) is 6.07 Å². The Morgan fingerprint density at radius 3 is 2.27 bits per heavy atom. The summed E-state index contributed by atoms with van der Waals surface area (Å²) in [4.78, 5) is 23.4. The number of esters is 2. The van der Waals surface area contributed by atoms with Crippen LogP contribution in [0.3, 0.4) is 0 Å². The molecule has 0 saturated heterocycles. The van der Waals surface area contributed by atoms with Gasteiger partial charge in [0.15, 0.2) is 5.92 Å². The Morgan fingerprint density at radius 1 is 1.18 bits per heavy atom. The summed E-state index contributed by atoms with van der Waals surface area (Å²) >= 11 is 3.24. The molecule has 0 N–H and O–H groups in total. The molecule has 0 atom stereocenters. The molecule has 0 fully saturated rings. The van der Waals surface area contributed by atoms with E-state index in [1.807, 2.05) is 0 Å². The number of hydrogen-bond acceptors (Lipinski definition) is 5. The molecule has 0 saturated carbocycles. The molecule has 0 aliphatic heterocycles. The van der Waals surface area contributed by atoms with Crippen LogP contribution < -0.4 is 4.74 Å². The molecule has 0 amide bonds. The summed E-state index contributed by atoms with van der Waals surface area (Å²) in [5.74, 6) is -2.57. The molecule has 22 heavy (non-hydrogen) atoms. The molecule has 122 valence electrons. The summed E-state index contributed by atoms with van der Waals surface area (Å²) in [6.45, 7) is -0.782. The van der Waals surface area contributed by atoms with Crippen LogP contribution in [0.2, 0.25) is 0 Å². The van der Waals surface area contributed by atoms with Crippen LogP contribution in [0.1, 0.15) is 5.56 Å². The SMILES string of the molecule is COC(=O)C(Cc1cc(Br)ccc1OCC(F)F)C(=O)OC. The fourth-order valence-electron chi connectivity index (χ4n) is 1.77. The third-order valence-electron chi connectivity index (χ3n) is 2.78. The highest BCUT2D eigenvalue weighted by atomic mass is 79.9. The van der Waals surface area contributed by atoms with Crippen molar-refractivity contribution in [1.82, 2.24) is 0 Å². The van der Waals surface area contributed by atoms with Gasteiger partial charge in [-0.2, -0.15) is 0 Å². The standard InChI is InChI=1S/C14H15BrF2O5/c1-20-13(18)10(14(19)21-2)6-8-5-9(15)3-4-11(8)22-7-12(16)17/h3-5,10,12H,6-7H2,1-2H3. The van der Waals surface area contributed by atoms with Crippen molar-refractivity contribution in [1.29, 1.82) is 0 Å². The molecular formula is C14H15BrF2O5. The Labute approximate surface area is 134 Å². The number of ether oxygens (including phenoxy) is 3. The van der Waals surface area contributed by atoms with Crippen LogP contribution in [0, 0.1) is 5.92 Å². The third-order valence-corrected chi connectivity index (χ3v) is 3.28. The first-order chi connectivity index (χ1) is 10.4. The zero-order valence-electron chi connectivity index (χ0n) is 12.0. The number of benzene rings is 1. The van der Waals surface area contributed by atoms with Gasteiger partial charge in [0.1, 0.15) is 12.4 Å². The molecule has 0 aliphatic rings. The summed E-state index contributed by atoms with van der Waals surface area (Å²) in [6, 6.07) is 4.67. The Morgan fingerprint density at radius 2 is 1.77 bits per heavy atom. The van der Waals surface area contributed by atoms with E-state index < -0.39 is 30.9 Å². The molecule has 1 rings (SSSR count). The van der Waals surface area contributed by atoms with Crippen LogP contribution in [0.5, 0.6) is 5.75 Å². The number of carbonyl (C=O) groups is 2. The Kier molecular flexibility index (Phi) is 7.23. The largest absolute Gasteiger partial charge is 0.487 e. The number of alkyl halides is 2. The van der Waals surface area contributed by atoms with Gasteiger partial charge in [-0.3, -0.25) is 9.59 Å². The Bertz CT molecular complexity index is 520. The predicted octanol–water partition coefficient (Wildman–Crippen LogP) is 2.60. The zero-order valence-corrected chi connectivity index (χ0v) is 13.6. The van der Waals surface area contributed by atoms with Crippen molar-refractivity contribution in [3.05, 3.63) is 28.2 Å². The normalized spacial score (nSPS) is 10.7. The van der Waals surface area contributed by atoms with Crippen LogP contribution in [-0.2, 0) is 25.5 Å². The lowest BCUT2D eigenvalue weighted by atomic mass is 9.98. The minimum atomic E-state index is -2.63. The molecule has 0 heterocycles. The van der Waals surface area contributed by atoms with Gasteiger partial charge in [-0.05, 0) is 23.8 Å². The van der Waals surface area contributed by atoms with Gasteiger partial charge in [0, 0.05) is 10.9 Å². The zero-order chi connectivity index (χ0) is 16.7. The highest BCUT2D eigenvalue weighted by Crippen LogP contribution is 2.27. The van der Waals surface area contributed by atoms with E-state index in [0.29, 0.717) is 10.0 Å². The van der Waals surface area contributed by atoms with Crippen LogP contribution in [0.15, 0.2) is 22.7 Å². The fourth-order valence-corrected chi connectivity index (χ4v) is 2.18. The number of rotatable bonds is 7. The Hall–Kier alpha value is -1.70. The minimum Gasteiger partial charge on any atom is -0.487 e. The van der Waals surface area contributed by atoms with Crippen molar-refractivity contribution in [2.75, 3.05) is 20.8 Å². The lowest BCUT2D eigenvalue weighted by molar-refractivity contribution is -0.158. The summed E-state index contributed by atoms with van der Waals surface area (Å²) in [5.41, 5.74) is 0.413. The summed E-state index contributed by atoms with van der Waals surface area (Å²) in [5, 5.41) is 0. The van der Waals surface area contributed by atoms with E-state index >= 15 is 0 Å². The maximum Gasteiger partial charge on any atom is 0.320 e. The van der Waals surface area contributed by atoms with Gasteiger partial charge in [-0.15, -0.1) is 0 Å². The van der Waals surface area contributed by atoms with E-state index in [-0.39, 0.29) is 12.2 Å². The van der Waals surface area contributed by atoms with Crippen molar-refractivity contribution >= 4 is 27.9 Å². The monoisotopic (exact) mass is 380 g/mol. The van der Waals surface area contributed by atoms with E-state index in [9.17, 15) is 18.4 Å². The molecule has 0 spiro atoms. The average Bonchev–Trinajstić information content (AvgIpc) is 2.50. The summed E-state index contributed by atoms with van der Waals surface area (Å²) < 4.78 is 39.3. The molecule has 0 aromatic heterocycles. The van der Waals surface area contributed by atoms with E-state index in [2.05, 4.69) is 25.4 Å². The number of methoxy groups -OCH3 is 2. The first-order valence-electron chi connectivity index (χ1n) is 6.24. The second-order valence-electron chi connectivity index (χ2n) is 4.26. The highest BCUT2D eigenvalue weighted by Gasteiger charge is 2.30. The van der Waals surface area contributed by atoms with E-state index in [0.717, 1.165) is 14.2 Å². The van der Waals surface area contributed by atoms with Crippen molar-refractivity contribution in [2.45, 2.75) is 12.8 Å². The van der Waals surface area contributed by atoms with Crippen molar-refractivity contribution in [3.63, 3.8) is 0 Å². The predicted molar refractivity (Wildman–Crippen MR) is 76.9 cm³/mol. The topological polar surface area (TPSA) is 61.8 Å². The van der Waals surface area contributed by atoms with E-state index in [1.54, 1.807) is 12.1 Å². The molecule has 0 unspecified atom stereocenters. The van der Waals surface area contributed by atoms with Gasteiger partial charge < -0.3 is 14.2 Å². The molecule has 0 bridgehead atoms. The van der Waals surface area contributed by atoms with E-state index in [4.69, 9.17) is 4.74 Å². The molecule has 8 heteroatoms. The summed E-state index contributed by atoms with van der Waals surface area (Å²) in [7, 11) is 2.29. The molecule has 1 aromatic carbocycles. The second-order valence-corrected chi connectivity index (χ2v) is 5.17. The van der Waals surface area contributed by atoms with Gasteiger partial charge in [-0.25, -0.2) is 8.78 Å². The van der Waals surface area contributed by atoms with Crippen LogP contribution in [-0.4, -0.2) is 39.2 Å². The molecule has 0 aliphatic carbocycles. The molecular weight excluding hydrogens is 366 g/mol. The first kappa shape index (κ1) is 18.3. The van der Waals surface area contributed by atoms with Crippen molar-refractivity contribution in [2.24, 2.45) is 5.92 Å². The number of carbonyl (C=O) groups excluding carboxylic acids is 2. The fraction of sp³-hybridized carbons (Fsp3) is 0.429. The number of hydrogen-bond donors (Lipinski definition) is 0. The number of halogens is 3. The lowest BCUT2D eigenvalue weighted by Crippen LogP contribution is -2.28. The third kappa shape index (κ3) is 5.25. The van der Waals surface area contributed by atoms with Gasteiger partial charge in [0.25, 0.3) is 6.43 Å². The van der Waals surface area contributed by atoms with Gasteiger partial charge in [0.05, 0.1) is 14.2 Å². The summed E-state index contributed by atoms with van der Waals surface area (Å²) in [6.07, 6.45) is -2.72. The van der Waals surface area contributed by atoms with Gasteiger partial charge in [0.2, 0.25) is 0 Å². The maximum atomic E-state index is 12.3. The molecule has 1 aromatic rings. The lowest BCUT2D eigenvalue weighted by Gasteiger charge is -2.16. The Balaban J connectivity index is 3.03. The molecule has 0 radical (unpaired) electrons. The van der Waals surface area contributed by atoms with Gasteiger partial charge >= 0.3 is 11.9 Å².